The van der Waals surface area contributed by atoms with Crippen LogP contribution in [0.4, 0.5) is 0 Å². The fourth-order valence-corrected chi connectivity index (χ4v) is 2.39. The Hall–Kier alpha value is -0.870. The van der Waals surface area contributed by atoms with Gasteiger partial charge in [-0.25, -0.2) is 0 Å². The molecule has 0 aliphatic carbocycles. The van der Waals surface area contributed by atoms with Crippen molar-refractivity contribution in [2.24, 2.45) is 17.6 Å². The van der Waals surface area contributed by atoms with E-state index in [1.807, 2.05) is 17.5 Å². The van der Waals surface area contributed by atoms with Crippen LogP contribution in [0, 0.1) is 11.8 Å². The van der Waals surface area contributed by atoms with E-state index in [0.717, 1.165) is 11.3 Å². The molecule has 1 atom stereocenters. The number of ether oxygens (including phenoxy) is 1. The SMILES string of the molecule is CC(C)CC(CN)CC(=O)OCc1cccs1. The molecule has 0 aromatic carbocycles. The fraction of sp³-hybridized carbons (Fsp3) is 0.615. The van der Waals surface area contributed by atoms with Gasteiger partial charge in [0.25, 0.3) is 0 Å². The number of rotatable bonds is 7. The maximum Gasteiger partial charge on any atom is 0.306 e. The van der Waals surface area contributed by atoms with Crippen LogP contribution in [0.3, 0.4) is 0 Å². The standard InChI is InChI=1S/C13H21NO2S/c1-10(2)6-11(8-14)7-13(15)16-9-12-4-3-5-17-12/h3-5,10-11H,6-9,14H2,1-2H3. The van der Waals surface area contributed by atoms with Crippen LogP contribution >= 0.6 is 11.3 Å². The van der Waals surface area contributed by atoms with Crippen LogP contribution in [0.1, 0.15) is 31.6 Å². The lowest BCUT2D eigenvalue weighted by Gasteiger charge is -2.15. The fourth-order valence-electron chi connectivity index (χ4n) is 1.77. The first-order chi connectivity index (χ1) is 8.11. The van der Waals surface area contributed by atoms with Gasteiger partial charge in [-0.1, -0.05) is 19.9 Å². The highest BCUT2D eigenvalue weighted by Crippen LogP contribution is 2.16. The molecule has 0 aliphatic rings. The van der Waals surface area contributed by atoms with Crippen molar-refractivity contribution in [2.75, 3.05) is 6.54 Å². The van der Waals surface area contributed by atoms with Gasteiger partial charge in [-0.2, -0.15) is 0 Å². The summed E-state index contributed by atoms with van der Waals surface area (Å²) in [6.07, 6.45) is 1.41. The maximum absolute atomic E-state index is 11.6. The lowest BCUT2D eigenvalue weighted by atomic mass is 9.94. The molecule has 0 fully saturated rings. The van der Waals surface area contributed by atoms with Gasteiger partial charge in [0.15, 0.2) is 0 Å². The van der Waals surface area contributed by atoms with Gasteiger partial charge in [0.05, 0.1) is 0 Å². The molecule has 1 rings (SSSR count). The van der Waals surface area contributed by atoms with Crippen LogP contribution in [-0.4, -0.2) is 12.5 Å². The molecule has 0 aliphatic heterocycles. The highest BCUT2D eigenvalue weighted by Gasteiger charge is 2.15. The molecule has 0 bridgehead atoms. The molecule has 3 nitrogen and oxygen atoms in total. The van der Waals surface area contributed by atoms with Gasteiger partial charge in [-0.05, 0) is 36.2 Å². The van der Waals surface area contributed by atoms with E-state index >= 15 is 0 Å². The molecular weight excluding hydrogens is 234 g/mol. The number of carbonyl (C=O) groups excluding carboxylic acids is 1. The molecule has 0 saturated heterocycles. The Morgan fingerprint density at radius 1 is 1.53 bits per heavy atom. The van der Waals surface area contributed by atoms with Gasteiger partial charge in [-0.3, -0.25) is 4.79 Å². The third kappa shape index (κ3) is 5.84. The Bertz CT molecular complexity index is 322. The summed E-state index contributed by atoms with van der Waals surface area (Å²) in [6.45, 7) is 5.21. The van der Waals surface area contributed by atoms with Crippen LogP contribution < -0.4 is 5.73 Å². The van der Waals surface area contributed by atoms with Crippen molar-refractivity contribution in [3.05, 3.63) is 22.4 Å². The zero-order valence-corrected chi connectivity index (χ0v) is 11.3. The number of hydrogen-bond donors (Lipinski definition) is 1. The van der Waals surface area contributed by atoms with Crippen molar-refractivity contribution in [3.63, 3.8) is 0 Å². The normalized spacial score (nSPS) is 12.7. The van der Waals surface area contributed by atoms with Crippen molar-refractivity contribution in [2.45, 2.75) is 33.3 Å². The first kappa shape index (κ1) is 14.2. The quantitative estimate of drug-likeness (QED) is 0.762. The first-order valence-electron chi connectivity index (χ1n) is 6.00. The van der Waals surface area contributed by atoms with Gasteiger partial charge in [0.2, 0.25) is 0 Å². The number of hydrogen-bond acceptors (Lipinski definition) is 4. The maximum atomic E-state index is 11.6. The zero-order valence-electron chi connectivity index (χ0n) is 10.5. The summed E-state index contributed by atoms with van der Waals surface area (Å²) in [4.78, 5) is 12.7. The van der Waals surface area contributed by atoms with Crippen LogP contribution in [-0.2, 0) is 16.1 Å². The van der Waals surface area contributed by atoms with Gasteiger partial charge >= 0.3 is 5.97 Å². The minimum atomic E-state index is -0.144. The Labute approximate surface area is 107 Å². The van der Waals surface area contributed by atoms with Crippen LogP contribution in [0.25, 0.3) is 0 Å². The predicted molar refractivity (Wildman–Crippen MR) is 70.7 cm³/mol. The van der Waals surface area contributed by atoms with Crippen molar-refractivity contribution < 1.29 is 9.53 Å². The lowest BCUT2D eigenvalue weighted by molar-refractivity contribution is -0.146. The molecule has 0 amide bonds. The summed E-state index contributed by atoms with van der Waals surface area (Å²) in [6, 6.07) is 3.92. The molecule has 2 N–H and O–H groups in total. The smallest absolute Gasteiger partial charge is 0.306 e. The van der Waals surface area contributed by atoms with Crippen molar-refractivity contribution >= 4 is 17.3 Å². The number of carbonyl (C=O) groups is 1. The molecular formula is C13H21NO2S. The molecule has 0 saturated carbocycles. The van der Waals surface area contributed by atoms with Crippen molar-refractivity contribution in [1.82, 2.24) is 0 Å². The number of thiophene rings is 1. The third-order valence-corrected chi connectivity index (χ3v) is 3.40. The third-order valence-electron chi connectivity index (χ3n) is 2.55. The topological polar surface area (TPSA) is 52.3 Å². The number of nitrogens with two attached hydrogens (primary N) is 1. The highest BCUT2D eigenvalue weighted by atomic mass is 32.1. The highest BCUT2D eigenvalue weighted by molar-refractivity contribution is 7.09. The van der Waals surface area contributed by atoms with Gasteiger partial charge in [0.1, 0.15) is 6.61 Å². The van der Waals surface area contributed by atoms with Gasteiger partial charge in [-0.15, -0.1) is 11.3 Å². The molecule has 4 heteroatoms. The lowest BCUT2D eigenvalue weighted by Crippen LogP contribution is -2.21. The molecule has 0 spiro atoms. The van der Waals surface area contributed by atoms with E-state index < -0.39 is 0 Å². The summed E-state index contributed by atoms with van der Waals surface area (Å²) < 4.78 is 5.22. The Kier molecular flexibility index (Phi) is 6.22. The molecule has 1 heterocycles. The molecule has 1 aromatic rings. The summed E-state index contributed by atoms with van der Waals surface area (Å²) >= 11 is 1.60. The van der Waals surface area contributed by atoms with E-state index in [-0.39, 0.29) is 11.9 Å². The summed E-state index contributed by atoms with van der Waals surface area (Å²) in [5.74, 6) is 0.661. The average Bonchev–Trinajstić information content (AvgIpc) is 2.77. The Morgan fingerprint density at radius 3 is 2.82 bits per heavy atom. The molecule has 1 aromatic heterocycles. The predicted octanol–water partition coefficient (Wildman–Crippen LogP) is 2.80. The van der Waals surface area contributed by atoms with Gasteiger partial charge in [0, 0.05) is 11.3 Å². The molecule has 1 unspecified atom stereocenters. The van der Waals surface area contributed by atoms with E-state index in [4.69, 9.17) is 10.5 Å². The summed E-state index contributed by atoms with van der Waals surface area (Å²) in [5.41, 5.74) is 5.65. The van der Waals surface area contributed by atoms with E-state index in [1.54, 1.807) is 11.3 Å². The van der Waals surface area contributed by atoms with E-state index in [1.165, 1.54) is 0 Å². The van der Waals surface area contributed by atoms with E-state index in [2.05, 4.69) is 13.8 Å². The second-order valence-electron chi connectivity index (χ2n) is 4.68. The molecule has 96 valence electrons. The van der Waals surface area contributed by atoms with E-state index in [0.29, 0.717) is 25.5 Å². The number of esters is 1. The minimum absolute atomic E-state index is 0.144. The van der Waals surface area contributed by atoms with E-state index in [9.17, 15) is 4.79 Å². The summed E-state index contributed by atoms with van der Waals surface area (Å²) in [7, 11) is 0. The monoisotopic (exact) mass is 255 g/mol. The van der Waals surface area contributed by atoms with Crippen LogP contribution in [0.2, 0.25) is 0 Å². The average molecular weight is 255 g/mol. The largest absolute Gasteiger partial charge is 0.460 e. The summed E-state index contributed by atoms with van der Waals surface area (Å²) in [5, 5.41) is 1.98. The Balaban J connectivity index is 2.27. The van der Waals surface area contributed by atoms with Gasteiger partial charge < -0.3 is 10.5 Å². The zero-order chi connectivity index (χ0) is 12.7. The minimum Gasteiger partial charge on any atom is -0.460 e. The molecule has 17 heavy (non-hydrogen) atoms. The van der Waals surface area contributed by atoms with Crippen molar-refractivity contribution in [1.29, 1.82) is 0 Å². The second-order valence-corrected chi connectivity index (χ2v) is 5.71. The van der Waals surface area contributed by atoms with Crippen LogP contribution in [0.5, 0.6) is 0 Å². The second kappa shape index (κ2) is 7.45. The molecule has 0 radical (unpaired) electrons. The Morgan fingerprint density at radius 2 is 2.29 bits per heavy atom. The van der Waals surface area contributed by atoms with Crippen LogP contribution in [0.15, 0.2) is 17.5 Å². The first-order valence-corrected chi connectivity index (χ1v) is 6.87. The van der Waals surface area contributed by atoms with Crippen molar-refractivity contribution in [3.8, 4) is 0 Å².